The molecule has 0 saturated carbocycles. The molecule has 0 unspecified atom stereocenters. The lowest BCUT2D eigenvalue weighted by molar-refractivity contribution is 0.293. The first-order chi connectivity index (χ1) is 9.34. The standard InChI is InChI=1S/C17H28N2O/c1-13(2)14-9-5-6-10-15(14)20-12-8-7-11-17(3,4)16(18)19/h5-6,9-10,13H,7-8,11-12H2,1-4H3,(H3,18,19). The monoisotopic (exact) mass is 276 g/mol. The average molecular weight is 276 g/mol. The summed E-state index contributed by atoms with van der Waals surface area (Å²) in [5, 5.41) is 7.53. The lowest BCUT2D eigenvalue weighted by Gasteiger charge is -2.22. The van der Waals surface area contributed by atoms with E-state index in [-0.39, 0.29) is 11.3 Å². The summed E-state index contributed by atoms with van der Waals surface area (Å²) in [6.45, 7) is 9.11. The summed E-state index contributed by atoms with van der Waals surface area (Å²) in [6.07, 6.45) is 2.94. The van der Waals surface area contributed by atoms with Crippen LogP contribution in [0.15, 0.2) is 24.3 Å². The van der Waals surface area contributed by atoms with Crippen LogP contribution in [0, 0.1) is 10.8 Å². The third-order valence-electron chi connectivity index (χ3n) is 3.72. The summed E-state index contributed by atoms with van der Waals surface area (Å²) < 4.78 is 5.89. The van der Waals surface area contributed by atoms with Crippen molar-refractivity contribution in [2.24, 2.45) is 11.1 Å². The quantitative estimate of drug-likeness (QED) is 0.422. The van der Waals surface area contributed by atoms with Gasteiger partial charge in [0.05, 0.1) is 12.4 Å². The minimum absolute atomic E-state index is 0.199. The van der Waals surface area contributed by atoms with Gasteiger partial charge in [0.25, 0.3) is 0 Å². The maximum Gasteiger partial charge on any atom is 0.122 e. The molecule has 0 amide bonds. The SMILES string of the molecule is CC(C)c1ccccc1OCCCCC(C)(C)C(=N)N. The van der Waals surface area contributed by atoms with E-state index in [1.54, 1.807) is 0 Å². The van der Waals surface area contributed by atoms with Crippen LogP contribution < -0.4 is 10.5 Å². The molecule has 0 aliphatic rings. The zero-order chi connectivity index (χ0) is 15.2. The molecule has 1 rings (SSSR count). The molecular formula is C17H28N2O. The number of hydrogen-bond donors (Lipinski definition) is 2. The van der Waals surface area contributed by atoms with Crippen molar-refractivity contribution >= 4 is 5.84 Å². The minimum Gasteiger partial charge on any atom is -0.493 e. The number of benzene rings is 1. The van der Waals surface area contributed by atoms with Crippen molar-refractivity contribution < 1.29 is 4.74 Å². The second kappa shape index (κ2) is 7.32. The van der Waals surface area contributed by atoms with Crippen molar-refractivity contribution in [3.8, 4) is 5.75 Å². The molecule has 0 fully saturated rings. The Morgan fingerprint density at radius 1 is 1.25 bits per heavy atom. The number of rotatable bonds is 8. The second-order valence-electron chi connectivity index (χ2n) is 6.30. The Kier molecular flexibility index (Phi) is 6.05. The number of amidine groups is 1. The van der Waals surface area contributed by atoms with Gasteiger partial charge in [0.15, 0.2) is 0 Å². The summed E-state index contributed by atoms with van der Waals surface area (Å²) in [6, 6.07) is 8.23. The fourth-order valence-electron chi connectivity index (χ4n) is 2.07. The number of ether oxygens (including phenoxy) is 1. The Labute approximate surface area is 123 Å². The maximum absolute atomic E-state index is 7.53. The van der Waals surface area contributed by atoms with Gasteiger partial charge < -0.3 is 10.5 Å². The predicted octanol–water partition coefficient (Wildman–Crippen LogP) is 4.32. The van der Waals surface area contributed by atoms with Crippen molar-refractivity contribution in [1.82, 2.24) is 0 Å². The molecule has 0 aliphatic carbocycles. The zero-order valence-electron chi connectivity index (χ0n) is 13.2. The highest BCUT2D eigenvalue weighted by Gasteiger charge is 2.20. The number of nitrogens with two attached hydrogens (primary N) is 1. The van der Waals surface area contributed by atoms with Crippen LogP contribution in [0.4, 0.5) is 0 Å². The van der Waals surface area contributed by atoms with Gasteiger partial charge in [0, 0.05) is 5.41 Å². The van der Waals surface area contributed by atoms with Gasteiger partial charge >= 0.3 is 0 Å². The normalized spacial score (nSPS) is 11.7. The molecule has 0 spiro atoms. The van der Waals surface area contributed by atoms with Crippen LogP contribution in [0.5, 0.6) is 5.75 Å². The fourth-order valence-corrected chi connectivity index (χ4v) is 2.07. The molecule has 3 heteroatoms. The Balaban J connectivity index is 2.37. The minimum atomic E-state index is -0.199. The van der Waals surface area contributed by atoms with Gasteiger partial charge in [-0.25, -0.2) is 0 Å². The third-order valence-corrected chi connectivity index (χ3v) is 3.72. The third kappa shape index (κ3) is 4.87. The maximum atomic E-state index is 7.53. The molecule has 0 radical (unpaired) electrons. The van der Waals surface area contributed by atoms with Crippen LogP contribution in [0.3, 0.4) is 0 Å². The predicted molar refractivity (Wildman–Crippen MR) is 85.6 cm³/mol. The molecule has 3 nitrogen and oxygen atoms in total. The van der Waals surface area contributed by atoms with Gasteiger partial charge in [0.2, 0.25) is 0 Å². The van der Waals surface area contributed by atoms with Crippen molar-refractivity contribution in [3.05, 3.63) is 29.8 Å². The van der Waals surface area contributed by atoms with Crippen LogP contribution in [-0.4, -0.2) is 12.4 Å². The summed E-state index contributed by atoms with van der Waals surface area (Å²) >= 11 is 0. The Morgan fingerprint density at radius 2 is 1.90 bits per heavy atom. The van der Waals surface area contributed by atoms with E-state index < -0.39 is 0 Å². The van der Waals surface area contributed by atoms with Gasteiger partial charge in [0.1, 0.15) is 5.75 Å². The van der Waals surface area contributed by atoms with E-state index in [9.17, 15) is 0 Å². The number of nitrogens with one attached hydrogen (secondary N) is 1. The van der Waals surface area contributed by atoms with E-state index in [0.717, 1.165) is 31.6 Å². The molecule has 0 heterocycles. The van der Waals surface area contributed by atoms with E-state index >= 15 is 0 Å². The molecule has 20 heavy (non-hydrogen) atoms. The van der Waals surface area contributed by atoms with Crippen LogP contribution in [0.2, 0.25) is 0 Å². The molecular weight excluding hydrogens is 248 g/mol. The van der Waals surface area contributed by atoms with Crippen LogP contribution in [-0.2, 0) is 0 Å². The molecule has 112 valence electrons. The van der Waals surface area contributed by atoms with Crippen LogP contribution in [0.1, 0.15) is 58.4 Å². The Bertz CT molecular complexity index is 438. The number of para-hydroxylation sites is 1. The topological polar surface area (TPSA) is 59.1 Å². The van der Waals surface area contributed by atoms with Crippen LogP contribution in [0.25, 0.3) is 0 Å². The number of unbranched alkanes of at least 4 members (excludes halogenated alkanes) is 1. The summed E-state index contributed by atoms with van der Waals surface area (Å²) in [4.78, 5) is 0. The first-order valence-corrected chi connectivity index (χ1v) is 7.41. The van der Waals surface area contributed by atoms with Gasteiger partial charge in [-0.1, -0.05) is 45.9 Å². The molecule has 1 aromatic carbocycles. The van der Waals surface area contributed by atoms with Gasteiger partial charge in [-0.2, -0.15) is 0 Å². The molecule has 0 saturated heterocycles. The van der Waals surface area contributed by atoms with E-state index in [4.69, 9.17) is 15.9 Å². The largest absolute Gasteiger partial charge is 0.493 e. The smallest absolute Gasteiger partial charge is 0.122 e. The molecule has 0 bridgehead atoms. The van der Waals surface area contributed by atoms with E-state index in [1.165, 1.54) is 5.56 Å². The van der Waals surface area contributed by atoms with Crippen molar-refractivity contribution in [1.29, 1.82) is 5.41 Å². The zero-order valence-corrected chi connectivity index (χ0v) is 13.2. The van der Waals surface area contributed by atoms with Crippen molar-refractivity contribution in [2.75, 3.05) is 6.61 Å². The highest BCUT2D eigenvalue weighted by Crippen LogP contribution is 2.26. The highest BCUT2D eigenvalue weighted by molar-refractivity contribution is 5.82. The molecule has 3 N–H and O–H groups in total. The second-order valence-corrected chi connectivity index (χ2v) is 6.30. The number of hydrogen-bond acceptors (Lipinski definition) is 2. The lowest BCUT2D eigenvalue weighted by atomic mass is 9.86. The first-order valence-electron chi connectivity index (χ1n) is 7.41. The van der Waals surface area contributed by atoms with Gasteiger partial charge in [-0.05, 0) is 36.8 Å². The Morgan fingerprint density at radius 3 is 2.50 bits per heavy atom. The van der Waals surface area contributed by atoms with E-state index in [1.807, 2.05) is 26.0 Å². The fraction of sp³-hybridized carbons (Fsp3) is 0.588. The average Bonchev–Trinajstić information content (AvgIpc) is 2.38. The first kappa shape index (κ1) is 16.5. The van der Waals surface area contributed by atoms with E-state index in [0.29, 0.717) is 5.92 Å². The highest BCUT2D eigenvalue weighted by atomic mass is 16.5. The summed E-state index contributed by atoms with van der Waals surface area (Å²) in [5.41, 5.74) is 6.64. The molecule has 1 aromatic rings. The van der Waals surface area contributed by atoms with E-state index in [2.05, 4.69) is 26.0 Å². The molecule has 0 aliphatic heterocycles. The van der Waals surface area contributed by atoms with Gasteiger partial charge in [-0.15, -0.1) is 0 Å². The van der Waals surface area contributed by atoms with Crippen molar-refractivity contribution in [2.45, 2.75) is 52.9 Å². The molecule has 0 atom stereocenters. The van der Waals surface area contributed by atoms with Gasteiger partial charge in [-0.3, -0.25) is 5.41 Å². The molecule has 0 aromatic heterocycles. The summed E-state index contributed by atoms with van der Waals surface area (Å²) in [5.74, 6) is 1.74. The Hall–Kier alpha value is -1.51. The van der Waals surface area contributed by atoms with Crippen LogP contribution >= 0.6 is 0 Å². The lowest BCUT2D eigenvalue weighted by Crippen LogP contribution is -2.30. The summed E-state index contributed by atoms with van der Waals surface area (Å²) in [7, 11) is 0. The van der Waals surface area contributed by atoms with Crippen molar-refractivity contribution in [3.63, 3.8) is 0 Å².